The van der Waals surface area contributed by atoms with Crippen molar-refractivity contribution >= 4 is 30.5 Å². The van der Waals surface area contributed by atoms with Crippen LogP contribution in [-0.4, -0.2) is 51.2 Å². The minimum atomic E-state index is -1.59. The molecule has 7 heteroatoms. The van der Waals surface area contributed by atoms with E-state index in [2.05, 4.69) is 12.6 Å². The Hall–Kier alpha value is -3.58. The summed E-state index contributed by atoms with van der Waals surface area (Å²) in [5, 5.41) is 9.68. The molecule has 3 aromatic carbocycles. The van der Waals surface area contributed by atoms with Gasteiger partial charge in [0.2, 0.25) is 0 Å². The summed E-state index contributed by atoms with van der Waals surface area (Å²) in [5.41, 5.74) is 0.446. The van der Waals surface area contributed by atoms with E-state index < -0.39 is 36.0 Å². The minimum Gasteiger partial charge on any atom is -0.480 e. The van der Waals surface area contributed by atoms with E-state index in [9.17, 15) is 19.5 Å². The maximum atomic E-state index is 14.3. The number of carbonyl (C=O) groups excluding carboxylic acids is 2. The minimum absolute atomic E-state index is 0.243. The molecule has 3 amide bonds. The molecular weight excluding hydrogens is 436 g/mol. The van der Waals surface area contributed by atoms with E-state index in [4.69, 9.17) is 0 Å². The lowest BCUT2D eigenvalue weighted by molar-refractivity contribution is -0.139. The molecular formula is C26H24N2O4S. The zero-order valence-electron chi connectivity index (χ0n) is 17.9. The lowest BCUT2D eigenvalue weighted by Crippen LogP contribution is -2.50. The predicted molar refractivity (Wildman–Crippen MR) is 128 cm³/mol. The monoisotopic (exact) mass is 460 g/mol. The van der Waals surface area contributed by atoms with Crippen LogP contribution in [0.25, 0.3) is 0 Å². The summed E-state index contributed by atoms with van der Waals surface area (Å²) in [6.07, 6.45) is 0.419. The fourth-order valence-electron chi connectivity index (χ4n) is 4.50. The number of nitrogens with zero attached hydrogens (tertiary/aromatic N) is 2. The van der Waals surface area contributed by atoms with E-state index in [-0.39, 0.29) is 5.75 Å². The number of aliphatic carboxylic acids is 1. The first-order chi connectivity index (χ1) is 16.0. The van der Waals surface area contributed by atoms with Gasteiger partial charge in [-0.15, -0.1) is 0 Å². The number of hydrogen-bond acceptors (Lipinski definition) is 4. The highest BCUT2D eigenvalue weighted by atomic mass is 32.1. The average Bonchev–Trinajstić information content (AvgIpc) is 3.05. The molecule has 6 nitrogen and oxygen atoms in total. The molecule has 0 bridgehead atoms. The second-order valence-corrected chi connectivity index (χ2v) is 8.27. The Labute approximate surface area is 197 Å². The van der Waals surface area contributed by atoms with E-state index in [0.29, 0.717) is 17.5 Å². The molecule has 1 fully saturated rings. The van der Waals surface area contributed by atoms with Gasteiger partial charge in [0.1, 0.15) is 6.54 Å². The smallest absolute Gasteiger partial charge is 0.329 e. The zero-order chi connectivity index (χ0) is 23.4. The molecule has 1 heterocycles. The van der Waals surface area contributed by atoms with Crippen molar-refractivity contribution in [3.05, 3.63) is 108 Å². The summed E-state index contributed by atoms with van der Waals surface area (Å²) in [6.45, 7) is -0.616. The third-order valence-corrected chi connectivity index (χ3v) is 6.36. The van der Waals surface area contributed by atoms with Crippen molar-refractivity contribution in [1.82, 2.24) is 9.80 Å². The second-order valence-electron chi connectivity index (χ2n) is 7.91. The Balaban J connectivity index is 1.90. The largest absolute Gasteiger partial charge is 0.480 e. The number of carboxylic acids is 1. The second kappa shape index (κ2) is 9.50. The number of benzene rings is 3. The quantitative estimate of drug-likeness (QED) is 0.396. The highest BCUT2D eigenvalue weighted by Gasteiger charge is 2.61. The summed E-state index contributed by atoms with van der Waals surface area (Å²) >= 11 is 4.45. The van der Waals surface area contributed by atoms with E-state index in [1.54, 1.807) is 48.5 Å². The molecule has 1 unspecified atom stereocenters. The van der Waals surface area contributed by atoms with Crippen LogP contribution in [0.2, 0.25) is 0 Å². The summed E-state index contributed by atoms with van der Waals surface area (Å²) in [4.78, 5) is 42.2. The van der Waals surface area contributed by atoms with Crippen molar-refractivity contribution in [2.24, 2.45) is 0 Å². The van der Waals surface area contributed by atoms with Crippen molar-refractivity contribution in [3.63, 3.8) is 0 Å². The number of carboxylic acid groups (broad SMARTS) is 1. The number of imide groups is 1. The molecule has 4 rings (SSSR count). The number of rotatable bonds is 8. The molecule has 0 aliphatic carbocycles. The SMILES string of the molecule is O=C(O)CN1C(=O)N(C(CS)Cc2ccccc2)C(=O)C1(c1ccccc1)c1ccccc1. The first-order valence-electron chi connectivity index (χ1n) is 10.6. The average molecular weight is 461 g/mol. The van der Waals surface area contributed by atoms with Crippen LogP contribution in [0.5, 0.6) is 0 Å². The summed E-state index contributed by atoms with van der Waals surface area (Å²) < 4.78 is 0. The maximum Gasteiger partial charge on any atom is 0.329 e. The van der Waals surface area contributed by atoms with Crippen molar-refractivity contribution in [3.8, 4) is 0 Å². The van der Waals surface area contributed by atoms with Gasteiger partial charge in [-0.05, 0) is 23.1 Å². The number of amides is 3. The van der Waals surface area contributed by atoms with Gasteiger partial charge in [0.15, 0.2) is 5.54 Å². The highest BCUT2D eigenvalue weighted by Crippen LogP contribution is 2.44. The van der Waals surface area contributed by atoms with E-state index in [0.717, 1.165) is 5.56 Å². The third kappa shape index (κ3) is 4.00. The Kier molecular flexibility index (Phi) is 6.51. The van der Waals surface area contributed by atoms with Gasteiger partial charge < -0.3 is 5.11 Å². The standard InChI is InChI=1S/C26H24N2O4S/c29-23(30)17-27-25(32)28(22(18-33)16-19-10-4-1-5-11-19)24(31)26(27,20-12-6-2-7-13-20)21-14-8-3-9-15-21/h1-15,22,33H,16-18H2,(H,29,30). The number of urea groups is 1. The topological polar surface area (TPSA) is 77.9 Å². The molecule has 0 aromatic heterocycles. The Bertz CT molecular complexity index is 1100. The first kappa shape index (κ1) is 22.6. The molecule has 1 aliphatic rings. The molecule has 168 valence electrons. The Morgan fingerprint density at radius 2 is 1.33 bits per heavy atom. The molecule has 1 saturated heterocycles. The van der Waals surface area contributed by atoms with Crippen LogP contribution in [-0.2, 0) is 21.5 Å². The van der Waals surface area contributed by atoms with E-state index >= 15 is 0 Å². The number of thiol groups is 1. The molecule has 33 heavy (non-hydrogen) atoms. The van der Waals surface area contributed by atoms with Gasteiger partial charge >= 0.3 is 12.0 Å². The predicted octanol–water partition coefficient (Wildman–Crippen LogP) is 3.82. The molecule has 3 aromatic rings. The first-order valence-corrected chi connectivity index (χ1v) is 11.3. The van der Waals surface area contributed by atoms with Gasteiger partial charge in [-0.2, -0.15) is 12.6 Å². The van der Waals surface area contributed by atoms with Gasteiger partial charge in [-0.25, -0.2) is 4.79 Å². The summed E-state index contributed by atoms with van der Waals surface area (Å²) in [6, 6.07) is 26.1. The summed E-state index contributed by atoms with van der Waals surface area (Å²) in [5.74, 6) is -1.42. The molecule has 1 N–H and O–H groups in total. The fourth-order valence-corrected chi connectivity index (χ4v) is 4.79. The molecule has 0 spiro atoms. The van der Waals surface area contributed by atoms with Crippen LogP contribution >= 0.6 is 12.6 Å². The van der Waals surface area contributed by atoms with Crippen LogP contribution < -0.4 is 0 Å². The lowest BCUT2D eigenvalue weighted by Gasteiger charge is -2.35. The van der Waals surface area contributed by atoms with Crippen LogP contribution in [0.15, 0.2) is 91.0 Å². The van der Waals surface area contributed by atoms with Crippen molar-refractivity contribution in [2.45, 2.75) is 18.0 Å². The number of hydrogen-bond donors (Lipinski definition) is 2. The Morgan fingerprint density at radius 3 is 1.79 bits per heavy atom. The highest BCUT2D eigenvalue weighted by molar-refractivity contribution is 7.80. The summed E-state index contributed by atoms with van der Waals surface area (Å²) in [7, 11) is 0. The maximum absolute atomic E-state index is 14.3. The van der Waals surface area contributed by atoms with E-state index in [1.807, 2.05) is 42.5 Å². The Morgan fingerprint density at radius 1 is 0.848 bits per heavy atom. The fraction of sp³-hybridized carbons (Fsp3) is 0.192. The van der Waals surface area contributed by atoms with Gasteiger partial charge in [0.05, 0.1) is 6.04 Å². The van der Waals surface area contributed by atoms with Gasteiger partial charge in [0.25, 0.3) is 5.91 Å². The van der Waals surface area contributed by atoms with Gasteiger partial charge in [-0.3, -0.25) is 19.4 Å². The zero-order valence-corrected chi connectivity index (χ0v) is 18.8. The van der Waals surface area contributed by atoms with Crippen LogP contribution in [0.4, 0.5) is 4.79 Å². The van der Waals surface area contributed by atoms with Gasteiger partial charge in [0, 0.05) is 5.75 Å². The lowest BCUT2D eigenvalue weighted by atomic mass is 9.81. The molecule has 0 radical (unpaired) electrons. The molecule has 1 aliphatic heterocycles. The van der Waals surface area contributed by atoms with E-state index in [1.165, 1.54) is 9.80 Å². The third-order valence-electron chi connectivity index (χ3n) is 5.94. The van der Waals surface area contributed by atoms with Crippen LogP contribution in [0.1, 0.15) is 16.7 Å². The van der Waals surface area contributed by atoms with Crippen LogP contribution in [0.3, 0.4) is 0 Å². The normalized spacial score (nSPS) is 16.2. The number of carbonyl (C=O) groups is 3. The van der Waals surface area contributed by atoms with Crippen molar-refractivity contribution in [1.29, 1.82) is 0 Å². The van der Waals surface area contributed by atoms with Gasteiger partial charge in [-0.1, -0.05) is 91.0 Å². The van der Waals surface area contributed by atoms with Crippen molar-refractivity contribution < 1.29 is 19.5 Å². The van der Waals surface area contributed by atoms with Crippen molar-refractivity contribution in [2.75, 3.05) is 12.3 Å². The molecule has 1 atom stereocenters. The van der Waals surface area contributed by atoms with Crippen LogP contribution in [0, 0.1) is 0 Å². The molecule has 0 saturated carbocycles.